The van der Waals surface area contributed by atoms with Gasteiger partial charge in [-0.05, 0) is 36.3 Å². The van der Waals surface area contributed by atoms with E-state index in [1.807, 2.05) is 12.1 Å². The van der Waals surface area contributed by atoms with Gasteiger partial charge in [-0.25, -0.2) is 0 Å². The van der Waals surface area contributed by atoms with Crippen molar-refractivity contribution < 1.29 is 9.32 Å². The van der Waals surface area contributed by atoms with Gasteiger partial charge in [0.15, 0.2) is 0 Å². The summed E-state index contributed by atoms with van der Waals surface area (Å²) in [5, 5.41) is 7.08. The minimum atomic E-state index is -0.109. The van der Waals surface area contributed by atoms with E-state index in [-0.39, 0.29) is 29.8 Å². The van der Waals surface area contributed by atoms with Crippen molar-refractivity contribution in [1.29, 1.82) is 0 Å². The summed E-state index contributed by atoms with van der Waals surface area (Å²) in [6.45, 7) is 6.83. The number of nitrogens with two attached hydrogens (primary N) is 1. The van der Waals surface area contributed by atoms with Crippen LogP contribution in [-0.4, -0.2) is 28.6 Å². The summed E-state index contributed by atoms with van der Waals surface area (Å²) in [5.74, 6) is 1.53. The molecule has 0 aliphatic heterocycles. The molecule has 0 radical (unpaired) electrons. The van der Waals surface area contributed by atoms with Crippen LogP contribution in [0.15, 0.2) is 28.8 Å². The number of carbonyl (C=O) groups excluding carboxylic acids is 1. The predicted octanol–water partition coefficient (Wildman–Crippen LogP) is 3.21. The molecule has 142 valence electrons. The molecule has 1 unspecified atom stereocenters. The number of halogens is 1. The Kier molecular flexibility index (Phi) is 6.42. The van der Waals surface area contributed by atoms with Crippen molar-refractivity contribution in [3.05, 3.63) is 35.7 Å². The Bertz CT molecular complexity index is 750. The zero-order chi connectivity index (χ0) is 18.0. The molecule has 26 heavy (non-hydrogen) atoms. The SMILES string of the molecule is CC(C)(C)Cc1nc(-c2cccc(C(=O)NC(CN)C3CC3)c2)no1.Cl. The van der Waals surface area contributed by atoms with Crippen LogP contribution < -0.4 is 11.1 Å². The normalized spacial score (nSPS) is 15.2. The Balaban J connectivity index is 0.00000243. The van der Waals surface area contributed by atoms with Crippen LogP contribution in [0.5, 0.6) is 0 Å². The van der Waals surface area contributed by atoms with Crippen LogP contribution in [0.1, 0.15) is 49.9 Å². The fourth-order valence-electron chi connectivity index (χ4n) is 2.82. The first-order valence-corrected chi connectivity index (χ1v) is 8.80. The maximum Gasteiger partial charge on any atom is 0.251 e. The van der Waals surface area contributed by atoms with Gasteiger partial charge in [0.05, 0.1) is 0 Å². The lowest BCUT2D eigenvalue weighted by molar-refractivity contribution is 0.0933. The van der Waals surface area contributed by atoms with Crippen LogP contribution in [0.3, 0.4) is 0 Å². The van der Waals surface area contributed by atoms with E-state index in [4.69, 9.17) is 10.3 Å². The van der Waals surface area contributed by atoms with E-state index in [9.17, 15) is 4.79 Å². The quantitative estimate of drug-likeness (QED) is 0.804. The summed E-state index contributed by atoms with van der Waals surface area (Å²) in [4.78, 5) is 16.9. The number of aromatic nitrogens is 2. The summed E-state index contributed by atoms with van der Waals surface area (Å²) >= 11 is 0. The van der Waals surface area contributed by atoms with Gasteiger partial charge in [0.2, 0.25) is 11.7 Å². The molecule has 2 aromatic rings. The molecule has 0 spiro atoms. The predicted molar refractivity (Wildman–Crippen MR) is 103 cm³/mol. The fourth-order valence-corrected chi connectivity index (χ4v) is 2.82. The van der Waals surface area contributed by atoms with Crippen LogP contribution in [-0.2, 0) is 6.42 Å². The highest BCUT2D eigenvalue weighted by Crippen LogP contribution is 2.32. The van der Waals surface area contributed by atoms with Gasteiger partial charge in [-0.2, -0.15) is 4.98 Å². The average Bonchev–Trinajstić information content (AvgIpc) is 3.31. The first-order chi connectivity index (χ1) is 11.9. The van der Waals surface area contributed by atoms with Crippen molar-refractivity contribution in [3.8, 4) is 11.4 Å². The van der Waals surface area contributed by atoms with E-state index in [1.165, 1.54) is 0 Å². The van der Waals surface area contributed by atoms with Gasteiger partial charge < -0.3 is 15.6 Å². The van der Waals surface area contributed by atoms with Crippen LogP contribution in [0.25, 0.3) is 11.4 Å². The molecule has 1 saturated carbocycles. The number of nitrogens with zero attached hydrogens (tertiary/aromatic N) is 2. The molecule has 3 N–H and O–H groups in total. The highest BCUT2D eigenvalue weighted by molar-refractivity contribution is 5.95. The van der Waals surface area contributed by atoms with Crippen molar-refractivity contribution in [2.45, 2.75) is 46.1 Å². The Morgan fingerprint density at radius 2 is 2.12 bits per heavy atom. The summed E-state index contributed by atoms with van der Waals surface area (Å²) < 4.78 is 5.34. The second-order valence-corrected chi connectivity index (χ2v) is 7.98. The van der Waals surface area contributed by atoms with Gasteiger partial charge >= 0.3 is 0 Å². The molecule has 1 heterocycles. The van der Waals surface area contributed by atoms with Crippen molar-refractivity contribution >= 4 is 18.3 Å². The Morgan fingerprint density at radius 3 is 2.73 bits per heavy atom. The van der Waals surface area contributed by atoms with E-state index >= 15 is 0 Å². The molecule has 3 rings (SSSR count). The molecule has 1 aromatic carbocycles. The molecular formula is C19H27ClN4O2. The summed E-state index contributed by atoms with van der Waals surface area (Å²) in [6, 6.07) is 7.35. The average molecular weight is 379 g/mol. The maximum atomic E-state index is 12.5. The van der Waals surface area contributed by atoms with Crippen LogP contribution in [0.2, 0.25) is 0 Å². The molecule has 7 heteroatoms. The van der Waals surface area contributed by atoms with Gasteiger partial charge in [0.1, 0.15) is 0 Å². The Labute approximate surface area is 160 Å². The molecular weight excluding hydrogens is 352 g/mol. The van der Waals surface area contributed by atoms with E-state index in [1.54, 1.807) is 12.1 Å². The lowest BCUT2D eigenvalue weighted by Crippen LogP contribution is -2.41. The number of hydrogen-bond acceptors (Lipinski definition) is 5. The van der Waals surface area contributed by atoms with E-state index in [0.29, 0.717) is 36.2 Å². The lowest BCUT2D eigenvalue weighted by Gasteiger charge is -2.16. The van der Waals surface area contributed by atoms with E-state index < -0.39 is 0 Å². The molecule has 1 aliphatic carbocycles. The summed E-state index contributed by atoms with van der Waals surface area (Å²) in [6.07, 6.45) is 2.99. The lowest BCUT2D eigenvalue weighted by atomic mass is 9.92. The zero-order valence-corrected chi connectivity index (χ0v) is 16.3. The highest BCUT2D eigenvalue weighted by Gasteiger charge is 2.31. The molecule has 1 amide bonds. The second kappa shape index (κ2) is 8.18. The number of benzene rings is 1. The first-order valence-electron chi connectivity index (χ1n) is 8.80. The molecule has 1 aliphatic rings. The minimum absolute atomic E-state index is 0. The van der Waals surface area contributed by atoms with Crippen molar-refractivity contribution in [3.63, 3.8) is 0 Å². The monoisotopic (exact) mass is 378 g/mol. The molecule has 1 aromatic heterocycles. The highest BCUT2D eigenvalue weighted by atomic mass is 35.5. The third kappa shape index (κ3) is 5.29. The number of rotatable bonds is 6. The van der Waals surface area contributed by atoms with Gasteiger partial charge in [0.25, 0.3) is 5.91 Å². The molecule has 1 fully saturated rings. The van der Waals surface area contributed by atoms with Crippen molar-refractivity contribution in [2.24, 2.45) is 17.1 Å². The number of amides is 1. The Hall–Kier alpha value is -1.92. The molecule has 0 bridgehead atoms. The fraction of sp³-hybridized carbons (Fsp3) is 0.526. The minimum Gasteiger partial charge on any atom is -0.348 e. The summed E-state index contributed by atoms with van der Waals surface area (Å²) in [7, 11) is 0. The largest absolute Gasteiger partial charge is 0.348 e. The first kappa shape index (κ1) is 20.4. The van der Waals surface area contributed by atoms with E-state index in [2.05, 4.69) is 36.2 Å². The van der Waals surface area contributed by atoms with Gasteiger partial charge in [-0.3, -0.25) is 4.79 Å². The van der Waals surface area contributed by atoms with Gasteiger partial charge in [0, 0.05) is 30.1 Å². The third-order valence-electron chi connectivity index (χ3n) is 4.29. The smallest absolute Gasteiger partial charge is 0.251 e. The van der Waals surface area contributed by atoms with Crippen molar-refractivity contribution in [1.82, 2.24) is 15.5 Å². The topological polar surface area (TPSA) is 94.0 Å². The standard InChI is InChI=1S/C19H26N4O2.ClH/c1-19(2,3)10-16-22-17(23-25-16)13-5-4-6-14(9-13)18(24)21-15(11-20)12-7-8-12;/h4-6,9,12,15H,7-8,10-11,20H2,1-3H3,(H,21,24);1H. The molecule has 1 atom stereocenters. The van der Waals surface area contributed by atoms with Crippen molar-refractivity contribution in [2.75, 3.05) is 6.54 Å². The van der Waals surface area contributed by atoms with Gasteiger partial charge in [-0.15, -0.1) is 12.4 Å². The second-order valence-electron chi connectivity index (χ2n) is 7.98. The molecule has 0 saturated heterocycles. The van der Waals surface area contributed by atoms with Crippen LogP contribution >= 0.6 is 12.4 Å². The zero-order valence-electron chi connectivity index (χ0n) is 15.5. The Morgan fingerprint density at radius 1 is 1.38 bits per heavy atom. The van der Waals surface area contributed by atoms with Crippen LogP contribution in [0, 0.1) is 11.3 Å². The number of hydrogen-bond donors (Lipinski definition) is 2. The number of carbonyl (C=O) groups is 1. The van der Waals surface area contributed by atoms with Crippen LogP contribution in [0.4, 0.5) is 0 Å². The van der Waals surface area contributed by atoms with E-state index in [0.717, 1.165) is 18.4 Å². The maximum absolute atomic E-state index is 12.5. The van der Waals surface area contributed by atoms with Gasteiger partial charge in [-0.1, -0.05) is 38.1 Å². The molecule has 6 nitrogen and oxygen atoms in total. The summed E-state index contributed by atoms with van der Waals surface area (Å²) in [5.41, 5.74) is 7.19. The third-order valence-corrected chi connectivity index (χ3v) is 4.29. The number of nitrogens with one attached hydrogen (secondary N) is 1.